The predicted octanol–water partition coefficient (Wildman–Crippen LogP) is 2.51. The minimum atomic E-state index is -0.0980. The van der Waals surface area contributed by atoms with E-state index in [0.717, 1.165) is 19.3 Å². The standard InChI is InChI=1S/C11H17NO/c1-3-10-5-6-11(2,9-10)13-8-4-7-12/h6,10H,1,3-5,8-9H2,2H3. The molecule has 0 spiro atoms. The van der Waals surface area contributed by atoms with Crippen LogP contribution >= 0.6 is 0 Å². The van der Waals surface area contributed by atoms with E-state index in [0.29, 0.717) is 18.9 Å². The molecule has 2 heteroatoms. The van der Waals surface area contributed by atoms with E-state index in [-0.39, 0.29) is 5.60 Å². The molecule has 0 N–H and O–H groups in total. The summed E-state index contributed by atoms with van der Waals surface area (Å²) in [7, 11) is 0. The van der Waals surface area contributed by atoms with Crippen molar-refractivity contribution in [3.05, 3.63) is 13.3 Å². The average Bonchev–Trinajstić information content (AvgIpc) is 2.49. The van der Waals surface area contributed by atoms with Crippen LogP contribution in [0.2, 0.25) is 0 Å². The zero-order valence-electron chi connectivity index (χ0n) is 8.25. The molecule has 0 aliphatic heterocycles. The number of hydrogen-bond donors (Lipinski definition) is 0. The second kappa shape index (κ2) is 4.62. The van der Waals surface area contributed by atoms with Crippen molar-refractivity contribution in [3.8, 4) is 6.07 Å². The summed E-state index contributed by atoms with van der Waals surface area (Å²) in [5.74, 6) is 0.673. The molecule has 0 heterocycles. The highest BCUT2D eigenvalue weighted by molar-refractivity contribution is 5.01. The van der Waals surface area contributed by atoms with Gasteiger partial charge in [-0.05, 0) is 32.1 Å². The fourth-order valence-corrected chi connectivity index (χ4v) is 1.82. The van der Waals surface area contributed by atoms with Gasteiger partial charge in [-0.25, -0.2) is 0 Å². The van der Waals surface area contributed by atoms with Crippen molar-refractivity contribution in [2.75, 3.05) is 6.61 Å². The maximum Gasteiger partial charge on any atom is 0.0689 e. The monoisotopic (exact) mass is 179 g/mol. The molecule has 0 aromatic carbocycles. The van der Waals surface area contributed by atoms with Crippen LogP contribution in [0.3, 0.4) is 0 Å². The second-order valence-corrected chi connectivity index (χ2v) is 3.87. The quantitative estimate of drug-likeness (QED) is 0.621. The Labute approximate surface area is 80.9 Å². The molecule has 72 valence electrons. The third kappa shape index (κ3) is 3.00. The third-order valence-corrected chi connectivity index (χ3v) is 2.63. The lowest BCUT2D eigenvalue weighted by Gasteiger charge is -2.24. The topological polar surface area (TPSA) is 33.0 Å². The first-order chi connectivity index (χ1) is 6.20. The molecule has 1 fully saturated rings. The van der Waals surface area contributed by atoms with Gasteiger partial charge in [-0.1, -0.05) is 13.3 Å². The highest BCUT2D eigenvalue weighted by Gasteiger charge is 2.35. The fraction of sp³-hybridized carbons (Fsp3) is 0.727. The Morgan fingerprint density at radius 2 is 2.54 bits per heavy atom. The lowest BCUT2D eigenvalue weighted by molar-refractivity contribution is -0.00228. The second-order valence-electron chi connectivity index (χ2n) is 3.87. The highest BCUT2D eigenvalue weighted by atomic mass is 16.5. The van der Waals surface area contributed by atoms with Crippen LogP contribution in [-0.4, -0.2) is 12.2 Å². The average molecular weight is 179 g/mol. The van der Waals surface area contributed by atoms with Gasteiger partial charge in [-0.15, -0.1) is 0 Å². The van der Waals surface area contributed by atoms with Crippen molar-refractivity contribution in [3.63, 3.8) is 0 Å². The minimum absolute atomic E-state index is 0.0980. The summed E-state index contributed by atoms with van der Waals surface area (Å²) < 4.78 is 5.66. The minimum Gasteiger partial charge on any atom is -0.374 e. The Bertz CT molecular complexity index is 197. The van der Waals surface area contributed by atoms with Gasteiger partial charge in [0.1, 0.15) is 0 Å². The van der Waals surface area contributed by atoms with Gasteiger partial charge in [-0.2, -0.15) is 5.26 Å². The fourth-order valence-electron chi connectivity index (χ4n) is 1.82. The number of nitrogens with zero attached hydrogens (tertiary/aromatic N) is 1. The van der Waals surface area contributed by atoms with Gasteiger partial charge < -0.3 is 4.74 Å². The van der Waals surface area contributed by atoms with Crippen LogP contribution in [0.25, 0.3) is 0 Å². The van der Waals surface area contributed by atoms with Gasteiger partial charge in [0, 0.05) is 0 Å². The first-order valence-corrected chi connectivity index (χ1v) is 4.85. The molecule has 2 unspecified atom stereocenters. The van der Waals surface area contributed by atoms with E-state index in [1.54, 1.807) is 0 Å². The predicted molar refractivity (Wildman–Crippen MR) is 51.6 cm³/mol. The molecule has 2 radical (unpaired) electrons. The van der Waals surface area contributed by atoms with E-state index in [1.807, 2.05) is 0 Å². The summed E-state index contributed by atoms with van der Waals surface area (Å²) in [6.45, 7) is 6.55. The van der Waals surface area contributed by atoms with E-state index >= 15 is 0 Å². The molecule has 13 heavy (non-hydrogen) atoms. The number of nitriles is 1. The Hall–Kier alpha value is -0.550. The summed E-state index contributed by atoms with van der Waals surface area (Å²) in [5.41, 5.74) is -0.0980. The van der Waals surface area contributed by atoms with Crippen LogP contribution in [0.15, 0.2) is 0 Å². The maximum atomic E-state index is 8.37. The third-order valence-electron chi connectivity index (χ3n) is 2.63. The van der Waals surface area contributed by atoms with Crippen molar-refractivity contribution >= 4 is 0 Å². The van der Waals surface area contributed by atoms with Crippen molar-refractivity contribution in [2.24, 2.45) is 5.92 Å². The van der Waals surface area contributed by atoms with E-state index < -0.39 is 0 Å². The van der Waals surface area contributed by atoms with Gasteiger partial charge in [-0.3, -0.25) is 0 Å². The van der Waals surface area contributed by atoms with Crippen LogP contribution in [-0.2, 0) is 4.74 Å². The number of rotatable bonds is 4. The van der Waals surface area contributed by atoms with Gasteiger partial charge in [0.2, 0.25) is 0 Å². The molecule has 0 saturated heterocycles. The lowest BCUT2D eigenvalue weighted by atomic mass is 10.0. The molecule has 1 aliphatic rings. The normalized spacial score (nSPS) is 33.2. The van der Waals surface area contributed by atoms with Crippen LogP contribution in [0.1, 0.15) is 32.6 Å². The first kappa shape index (κ1) is 10.5. The summed E-state index contributed by atoms with van der Waals surface area (Å²) in [4.78, 5) is 0. The summed E-state index contributed by atoms with van der Waals surface area (Å²) in [6.07, 6.45) is 5.85. The van der Waals surface area contributed by atoms with Crippen LogP contribution in [0.5, 0.6) is 0 Å². The molecule has 0 bridgehead atoms. The van der Waals surface area contributed by atoms with Gasteiger partial charge in [0.25, 0.3) is 0 Å². The molecule has 0 aromatic rings. The lowest BCUT2D eigenvalue weighted by Crippen LogP contribution is -2.26. The molecule has 2 atom stereocenters. The van der Waals surface area contributed by atoms with E-state index in [1.165, 1.54) is 0 Å². The molecule has 0 aromatic heterocycles. The van der Waals surface area contributed by atoms with Gasteiger partial charge in [0.15, 0.2) is 0 Å². The first-order valence-electron chi connectivity index (χ1n) is 4.85. The Morgan fingerprint density at radius 1 is 1.77 bits per heavy atom. The maximum absolute atomic E-state index is 8.37. The van der Waals surface area contributed by atoms with E-state index in [9.17, 15) is 0 Å². The zero-order valence-corrected chi connectivity index (χ0v) is 8.25. The Morgan fingerprint density at radius 3 is 3.08 bits per heavy atom. The number of ether oxygens (including phenoxy) is 1. The van der Waals surface area contributed by atoms with Crippen molar-refractivity contribution < 1.29 is 4.74 Å². The van der Waals surface area contributed by atoms with E-state index in [4.69, 9.17) is 10.00 Å². The van der Waals surface area contributed by atoms with Crippen LogP contribution in [0.4, 0.5) is 0 Å². The highest BCUT2D eigenvalue weighted by Crippen LogP contribution is 2.37. The molecule has 0 amide bonds. The Kier molecular flexibility index (Phi) is 3.74. The molecule has 1 aliphatic carbocycles. The van der Waals surface area contributed by atoms with Crippen LogP contribution < -0.4 is 0 Å². The SMILES string of the molecule is [CH2]CC1C[CH]C(C)(OCCC#N)C1. The molecule has 2 nitrogen and oxygen atoms in total. The summed E-state index contributed by atoms with van der Waals surface area (Å²) in [5, 5.41) is 8.37. The largest absolute Gasteiger partial charge is 0.374 e. The molecular weight excluding hydrogens is 162 g/mol. The Balaban J connectivity index is 2.28. The van der Waals surface area contributed by atoms with E-state index in [2.05, 4.69) is 26.3 Å². The van der Waals surface area contributed by atoms with Crippen molar-refractivity contribution in [1.82, 2.24) is 0 Å². The molecular formula is C11H17NO. The zero-order chi connectivity index (χ0) is 9.73. The molecule has 1 rings (SSSR count). The van der Waals surface area contributed by atoms with Crippen LogP contribution in [0, 0.1) is 30.6 Å². The smallest absolute Gasteiger partial charge is 0.0689 e. The summed E-state index contributed by atoms with van der Waals surface area (Å²) in [6, 6.07) is 2.08. The van der Waals surface area contributed by atoms with Gasteiger partial charge >= 0.3 is 0 Å². The van der Waals surface area contributed by atoms with Crippen molar-refractivity contribution in [1.29, 1.82) is 5.26 Å². The van der Waals surface area contributed by atoms with Crippen molar-refractivity contribution in [2.45, 2.75) is 38.2 Å². The number of hydrogen-bond acceptors (Lipinski definition) is 2. The summed E-state index contributed by atoms with van der Waals surface area (Å²) >= 11 is 0. The van der Waals surface area contributed by atoms with Gasteiger partial charge in [0.05, 0.1) is 24.7 Å². The molecule has 1 saturated carbocycles.